The van der Waals surface area contributed by atoms with Crippen LogP contribution in [0.5, 0.6) is 5.75 Å². The van der Waals surface area contributed by atoms with Gasteiger partial charge < -0.3 is 4.74 Å². The quantitative estimate of drug-likeness (QED) is 0.309. The van der Waals surface area contributed by atoms with Gasteiger partial charge in [-0.3, -0.25) is 4.98 Å². The first kappa shape index (κ1) is 16.2. The van der Waals surface area contributed by atoms with Gasteiger partial charge in [-0.15, -0.1) is 0 Å². The van der Waals surface area contributed by atoms with E-state index < -0.39 is 5.97 Å². The summed E-state index contributed by atoms with van der Waals surface area (Å²) < 4.78 is 5.32. The van der Waals surface area contributed by atoms with Gasteiger partial charge in [-0.25, -0.2) is 4.79 Å². The number of allylic oxidation sites excluding steroid dienone is 1. The van der Waals surface area contributed by atoms with E-state index in [2.05, 4.69) is 11.1 Å². The van der Waals surface area contributed by atoms with Gasteiger partial charge in [0.25, 0.3) is 0 Å². The lowest BCUT2D eigenvalue weighted by Gasteiger charge is -2.05. The summed E-state index contributed by atoms with van der Waals surface area (Å²) in [5, 5.41) is 9.35. The van der Waals surface area contributed by atoms with Crippen LogP contribution in [0.25, 0.3) is 11.6 Å². The van der Waals surface area contributed by atoms with E-state index in [1.165, 1.54) is 12.4 Å². The SMILES string of the molecule is N#C/C(=C/c1ccc(OC(=O)c2ccncc2)cc1)c1ccccc1. The molecule has 0 saturated carbocycles. The van der Waals surface area contributed by atoms with Crippen molar-refractivity contribution >= 4 is 17.6 Å². The summed E-state index contributed by atoms with van der Waals surface area (Å²) in [6, 6.07) is 21.9. The van der Waals surface area contributed by atoms with Crippen LogP contribution in [-0.4, -0.2) is 11.0 Å². The van der Waals surface area contributed by atoms with Crippen molar-refractivity contribution in [3.63, 3.8) is 0 Å². The number of benzene rings is 2. The van der Waals surface area contributed by atoms with Crippen molar-refractivity contribution in [3.8, 4) is 11.8 Å². The maximum absolute atomic E-state index is 12.0. The fourth-order valence-corrected chi connectivity index (χ4v) is 2.25. The second-order valence-corrected chi connectivity index (χ2v) is 5.23. The van der Waals surface area contributed by atoms with Crippen molar-refractivity contribution in [1.82, 2.24) is 4.98 Å². The molecule has 25 heavy (non-hydrogen) atoms. The zero-order valence-corrected chi connectivity index (χ0v) is 13.3. The van der Waals surface area contributed by atoms with Crippen molar-refractivity contribution in [2.45, 2.75) is 0 Å². The molecule has 1 heterocycles. The fourth-order valence-electron chi connectivity index (χ4n) is 2.25. The number of ether oxygens (including phenoxy) is 1. The summed E-state index contributed by atoms with van der Waals surface area (Å²) in [6.45, 7) is 0. The van der Waals surface area contributed by atoms with Gasteiger partial charge >= 0.3 is 5.97 Å². The molecule has 0 unspecified atom stereocenters. The molecule has 4 heteroatoms. The molecule has 0 bridgehead atoms. The molecule has 0 aliphatic rings. The molecule has 0 N–H and O–H groups in total. The highest BCUT2D eigenvalue weighted by Crippen LogP contribution is 2.20. The van der Waals surface area contributed by atoms with E-state index in [9.17, 15) is 10.1 Å². The lowest BCUT2D eigenvalue weighted by molar-refractivity contribution is 0.0734. The topological polar surface area (TPSA) is 63.0 Å². The monoisotopic (exact) mass is 326 g/mol. The molecular formula is C21H14N2O2. The van der Waals surface area contributed by atoms with E-state index in [1.807, 2.05) is 30.3 Å². The molecule has 0 spiro atoms. The van der Waals surface area contributed by atoms with Crippen LogP contribution in [-0.2, 0) is 0 Å². The maximum Gasteiger partial charge on any atom is 0.343 e. The molecule has 3 rings (SSSR count). The Labute approximate surface area is 145 Å². The maximum atomic E-state index is 12.0. The number of hydrogen-bond donors (Lipinski definition) is 0. The molecule has 120 valence electrons. The summed E-state index contributed by atoms with van der Waals surface area (Å²) in [6.07, 6.45) is 4.87. The van der Waals surface area contributed by atoms with E-state index in [0.29, 0.717) is 16.9 Å². The lowest BCUT2D eigenvalue weighted by atomic mass is 10.0. The Hall–Kier alpha value is -3.71. The molecule has 1 aromatic heterocycles. The fraction of sp³-hybridized carbons (Fsp3) is 0. The molecule has 0 aliphatic heterocycles. The predicted octanol–water partition coefficient (Wildman–Crippen LogP) is 4.36. The molecule has 0 atom stereocenters. The number of rotatable bonds is 4. The van der Waals surface area contributed by atoms with Crippen molar-refractivity contribution in [2.24, 2.45) is 0 Å². The Bertz CT molecular complexity index is 925. The van der Waals surface area contributed by atoms with Crippen LogP contribution in [0.2, 0.25) is 0 Å². The van der Waals surface area contributed by atoms with Gasteiger partial charge in [-0.2, -0.15) is 5.26 Å². The largest absolute Gasteiger partial charge is 0.423 e. The molecular weight excluding hydrogens is 312 g/mol. The first-order valence-corrected chi connectivity index (χ1v) is 7.66. The minimum atomic E-state index is -0.437. The Morgan fingerprint density at radius 3 is 2.24 bits per heavy atom. The summed E-state index contributed by atoms with van der Waals surface area (Å²) in [7, 11) is 0. The molecule has 0 aliphatic carbocycles. The molecule has 0 saturated heterocycles. The van der Waals surface area contributed by atoms with Crippen LogP contribution in [0.3, 0.4) is 0 Å². The van der Waals surface area contributed by atoms with E-state index in [1.54, 1.807) is 42.5 Å². The molecule has 0 amide bonds. The van der Waals surface area contributed by atoms with Gasteiger partial charge in [0.2, 0.25) is 0 Å². The second-order valence-electron chi connectivity index (χ2n) is 5.23. The van der Waals surface area contributed by atoms with Crippen molar-refractivity contribution in [3.05, 3.63) is 95.8 Å². The Morgan fingerprint density at radius 2 is 1.60 bits per heavy atom. The van der Waals surface area contributed by atoms with Gasteiger partial charge in [-0.05, 0) is 41.5 Å². The third-order valence-corrected chi connectivity index (χ3v) is 3.52. The molecule has 0 fully saturated rings. The number of nitriles is 1. The third-order valence-electron chi connectivity index (χ3n) is 3.52. The zero-order chi connectivity index (χ0) is 17.5. The van der Waals surface area contributed by atoms with Crippen LogP contribution in [0, 0.1) is 11.3 Å². The Kier molecular flexibility index (Phi) is 4.98. The normalized spacial score (nSPS) is 10.8. The van der Waals surface area contributed by atoms with Crippen LogP contribution >= 0.6 is 0 Å². The average Bonchev–Trinajstić information content (AvgIpc) is 2.68. The summed E-state index contributed by atoms with van der Waals surface area (Å²) in [5.74, 6) is 0.00451. The number of carbonyl (C=O) groups excluding carboxylic acids is 1. The highest BCUT2D eigenvalue weighted by molar-refractivity contribution is 5.91. The molecule has 0 radical (unpaired) electrons. The van der Waals surface area contributed by atoms with E-state index in [0.717, 1.165) is 11.1 Å². The van der Waals surface area contributed by atoms with Gasteiger partial charge in [0.05, 0.1) is 17.2 Å². The van der Waals surface area contributed by atoms with Crippen LogP contribution < -0.4 is 4.74 Å². The van der Waals surface area contributed by atoms with Crippen molar-refractivity contribution < 1.29 is 9.53 Å². The first-order chi connectivity index (χ1) is 12.3. The van der Waals surface area contributed by atoms with Gasteiger partial charge in [0, 0.05) is 12.4 Å². The minimum Gasteiger partial charge on any atom is -0.423 e. The number of carbonyl (C=O) groups is 1. The number of esters is 1. The highest BCUT2D eigenvalue weighted by atomic mass is 16.5. The summed E-state index contributed by atoms with van der Waals surface area (Å²) >= 11 is 0. The van der Waals surface area contributed by atoms with E-state index >= 15 is 0 Å². The average molecular weight is 326 g/mol. The number of pyridine rings is 1. The predicted molar refractivity (Wildman–Crippen MR) is 95.6 cm³/mol. The molecule has 4 nitrogen and oxygen atoms in total. The lowest BCUT2D eigenvalue weighted by Crippen LogP contribution is -2.08. The Morgan fingerprint density at radius 1 is 0.920 bits per heavy atom. The number of aromatic nitrogens is 1. The number of hydrogen-bond acceptors (Lipinski definition) is 4. The highest BCUT2D eigenvalue weighted by Gasteiger charge is 2.08. The Balaban J connectivity index is 1.75. The van der Waals surface area contributed by atoms with E-state index in [4.69, 9.17) is 4.74 Å². The number of nitrogens with zero attached hydrogens (tertiary/aromatic N) is 2. The van der Waals surface area contributed by atoms with Gasteiger partial charge in [0.1, 0.15) is 5.75 Å². The second kappa shape index (κ2) is 7.71. The zero-order valence-electron chi connectivity index (χ0n) is 13.3. The van der Waals surface area contributed by atoms with Gasteiger partial charge in [-0.1, -0.05) is 42.5 Å². The summed E-state index contributed by atoms with van der Waals surface area (Å²) in [4.78, 5) is 15.9. The van der Waals surface area contributed by atoms with Crippen LogP contribution in [0.4, 0.5) is 0 Å². The van der Waals surface area contributed by atoms with Crippen LogP contribution in [0.15, 0.2) is 79.1 Å². The van der Waals surface area contributed by atoms with Crippen molar-refractivity contribution in [1.29, 1.82) is 5.26 Å². The summed E-state index contributed by atoms with van der Waals surface area (Å²) in [5.41, 5.74) is 2.72. The van der Waals surface area contributed by atoms with Gasteiger partial charge in [0.15, 0.2) is 0 Å². The smallest absolute Gasteiger partial charge is 0.343 e. The third kappa shape index (κ3) is 4.18. The molecule has 2 aromatic carbocycles. The van der Waals surface area contributed by atoms with E-state index in [-0.39, 0.29) is 0 Å². The first-order valence-electron chi connectivity index (χ1n) is 7.66. The standard InChI is InChI=1S/C21H14N2O2/c22-15-19(17-4-2-1-3-5-17)14-16-6-8-20(9-7-16)25-21(24)18-10-12-23-13-11-18/h1-14H/b19-14-. The minimum absolute atomic E-state index is 0.437. The van der Waals surface area contributed by atoms with Crippen LogP contribution in [0.1, 0.15) is 21.5 Å². The van der Waals surface area contributed by atoms with Crippen molar-refractivity contribution in [2.75, 3.05) is 0 Å². The molecule has 3 aromatic rings.